The third kappa shape index (κ3) is 2.65. The molecule has 2 N–H and O–H groups in total. The lowest BCUT2D eigenvalue weighted by atomic mass is 10.1. The van der Waals surface area contributed by atoms with Crippen LogP contribution in [0.15, 0.2) is 22.7 Å². The van der Waals surface area contributed by atoms with Crippen LogP contribution < -0.4 is 5.73 Å². The van der Waals surface area contributed by atoms with Gasteiger partial charge in [-0.1, -0.05) is 31.5 Å². The number of rotatable bonds is 3. The maximum atomic E-state index is 6.22. The summed E-state index contributed by atoms with van der Waals surface area (Å²) in [6.07, 6.45) is 0. The molecule has 0 atom stereocenters. The van der Waals surface area contributed by atoms with E-state index in [0.717, 1.165) is 28.1 Å². The normalized spacial score (nSPS) is 11.3. The number of nitrogen functional groups attached to an aromatic ring is 1. The topological polar surface area (TPSA) is 43.8 Å². The van der Waals surface area contributed by atoms with Crippen LogP contribution in [-0.2, 0) is 6.54 Å². The van der Waals surface area contributed by atoms with Crippen LogP contribution in [-0.4, -0.2) is 9.55 Å². The molecule has 0 aliphatic carbocycles. The maximum absolute atomic E-state index is 6.22. The monoisotopic (exact) mass is 341 g/mol. The number of halogens is 2. The van der Waals surface area contributed by atoms with Gasteiger partial charge in [0.15, 0.2) is 0 Å². The minimum Gasteiger partial charge on any atom is -0.383 e. The lowest BCUT2D eigenvalue weighted by Gasteiger charge is -2.08. The fraction of sp³-hybridized carbons (Fsp3) is 0.357. The van der Waals surface area contributed by atoms with Gasteiger partial charge >= 0.3 is 0 Å². The molecule has 0 spiro atoms. The Kier molecular flexibility index (Phi) is 4.21. The summed E-state index contributed by atoms with van der Waals surface area (Å²) >= 11 is 9.52. The Hall–Kier alpha value is -1.00. The highest BCUT2D eigenvalue weighted by Crippen LogP contribution is 2.33. The molecule has 0 radical (unpaired) electrons. The molecule has 0 saturated carbocycles. The summed E-state index contributed by atoms with van der Waals surface area (Å²) in [4.78, 5) is 4.69. The van der Waals surface area contributed by atoms with Crippen molar-refractivity contribution in [3.8, 4) is 11.3 Å². The smallest absolute Gasteiger partial charge is 0.131 e. The first-order valence-corrected chi connectivity index (χ1v) is 7.44. The van der Waals surface area contributed by atoms with E-state index >= 15 is 0 Å². The van der Waals surface area contributed by atoms with E-state index in [4.69, 9.17) is 17.3 Å². The molecule has 0 bridgehead atoms. The number of imidazole rings is 1. The van der Waals surface area contributed by atoms with Crippen LogP contribution in [0, 0.1) is 0 Å². The summed E-state index contributed by atoms with van der Waals surface area (Å²) in [6.45, 7) is 7.12. The van der Waals surface area contributed by atoms with Gasteiger partial charge in [0.05, 0.1) is 5.02 Å². The van der Waals surface area contributed by atoms with Crippen molar-refractivity contribution in [2.45, 2.75) is 33.2 Å². The largest absolute Gasteiger partial charge is 0.383 e. The fourth-order valence-electron chi connectivity index (χ4n) is 2.11. The number of hydrogen-bond acceptors (Lipinski definition) is 2. The van der Waals surface area contributed by atoms with Crippen molar-refractivity contribution in [1.29, 1.82) is 0 Å². The Labute approximate surface area is 126 Å². The van der Waals surface area contributed by atoms with E-state index in [1.165, 1.54) is 0 Å². The Morgan fingerprint density at radius 3 is 2.58 bits per heavy atom. The second-order valence-electron chi connectivity index (χ2n) is 4.73. The molecule has 2 rings (SSSR count). The highest BCUT2D eigenvalue weighted by molar-refractivity contribution is 9.10. The van der Waals surface area contributed by atoms with E-state index in [-0.39, 0.29) is 0 Å². The summed E-state index contributed by atoms with van der Waals surface area (Å²) in [5, 5.41) is 0.661. The first kappa shape index (κ1) is 14.4. The van der Waals surface area contributed by atoms with Crippen LogP contribution in [0.1, 0.15) is 32.5 Å². The van der Waals surface area contributed by atoms with Gasteiger partial charge in [-0.25, -0.2) is 4.98 Å². The second kappa shape index (κ2) is 5.55. The van der Waals surface area contributed by atoms with Crippen LogP contribution in [0.3, 0.4) is 0 Å². The van der Waals surface area contributed by atoms with Gasteiger partial charge in [0.1, 0.15) is 17.3 Å². The van der Waals surface area contributed by atoms with Crippen LogP contribution >= 0.6 is 27.5 Å². The molecule has 1 aromatic heterocycles. The maximum Gasteiger partial charge on any atom is 0.131 e. The molecule has 102 valence electrons. The molecule has 0 aliphatic heterocycles. The minimum atomic E-state index is 0.335. The SMILES string of the molecule is CCn1c(C(C)C)nc(-c2ccc(Br)c(Cl)c2)c1N. The average molecular weight is 343 g/mol. The second-order valence-corrected chi connectivity index (χ2v) is 5.99. The van der Waals surface area contributed by atoms with E-state index in [9.17, 15) is 0 Å². The zero-order valence-electron chi connectivity index (χ0n) is 11.2. The molecule has 5 heteroatoms. The van der Waals surface area contributed by atoms with Crippen LogP contribution in [0.5, 0.6) is 0 Å². The average Bonchev–Trinajstić information content (AvgIpc) is 2.70. The van der Waals surface area contributed by atoms with E-state index < -0.39 is 0 Å². The van der Waals surface area contributed by atoms with Crippen molar-refractivity contribution in [1.82, 2.24) is 9.55 Å². The lowest BCUT2D eigenvalue weighted by molar-refractivity contribution is 0.658. The molecule has 3 nitrogen and oxygen atoms in total. The number of hydrogen-bond donors (Lipinski definition) is 1. The van der Waals surface area contributed by atoms with Crippen molar-refractivity contribution in [3.05, 3.63) is 33.5 Å². The Balaban J connectivity index is 2.59. The standard InChI is InChI=1S/C14H17BrClN3/c1-4-19-13(17)12(18-14(19)8(2)3)9-5-6-10(15)11(16)7-9/h5-8H,4,17H2,1-3H3. The number of nitrogens with zero attached hydrogens (tertiary/aromatic N) is 2. The van der Waals surface area contributed by atoms with Gasteiger partial charge in [0.2, 0.25) is 0 Å². The Morgan fingerprint density at radius 2 is 2.11 bits per heavy atom. The molecule has 0 fully saturated rings. The van der Waals surface area contributed by atoms with Gasteiger partial charge in [0.25, 0.3) is 0 Å². The number of aromatic nitrogens is 2. The Morgan fingerprint density at radius 1 is 1.42 bits per heavy atom. The van der Waals surface area contributed by atoms with Gasteiger partial charge in [-0.05, 0) is 35.0 Å². The highest BCUT2D eigenvalue weighted by Gasteiger charge is 2.17. The molecular weight excluding hydrogens is 326 g/mol. The molecule has 0 amide bonds. The summed E-state index contributed by atoms with van der Waals surface area (Å²) in [7, 11) is 0. The van der Waals surface area contributed by atoms with Gasteiger partial charge in [-0.2, -0.15) is 0 Å². The van der Waals surface area contributed by atoms with Crippen molar-refractivity contribution in [2.24, 2.45) is 0 Å². The minimum absolute atomic E-state index is 0.335. The molecule has 1 aromatic carbocycles. The predicted octanol–water partition coefficient (Wildman–Crippen LogP) is 4.69. The zero-order valence-corrected chi connectivity index (χ0v) is 13.6. The molecular formula is C14H17BrClN3. The third-order valence-electron chi connectivity index (χ3n) is 3.06. The summed E-state index contributed by atoms with van der Waals surface area (Å²) in [5.74, 6) is 2.04. The van der Waals surface area contributed by atoms with Crippen molar-refractivity contribution in [2.75, 3.05) is 5.73 Å². The van der Waals surface area contributed by atoms with Gasteiger partial charge in [-0.15, -0.1) is 0 Å². The predicted molar refractivity (Wildman–Crippen MR) is 84.5 cm³/mol. The van der Waals surface area contributed by atoms with E-state index in [2.05, 4.69) is 46.3 Å². The van der Waals surface area contributed by atoms with E-state index in [1.54, 1.807) is 0 Å². The van der Waals surface area contributed by atoms with Crippen LogP contribution in [0.25, 0.3) is 11.3 Å². The van der Waals surface area contributed by atoms with Gasteiger partial charge in [-0.3, -0.25) is 0 Å². The molecule has 0 unspecified atom stereocenters. The van der Waals surface area contributed by atoms with Crippen LogP contribution in [0.2, 0.25) is 5.02 Å². The van der Waals surface area contributed by atoms with Crippen molar-refractivity contribution < 1.29 is 0 Å². The third-order valence-corrected chi connectivity index (χ3v) is 4.29. The molecule has 19 heavy (non-hydrogen) atoms. The lowest BCUT2D eigenvalue weighted by Crippen LogP contribution is -2.06. The summed E-state index contributed by atoms with van der Waals surface area (Å²) < 4.78 is 2.92. The summed E-state index contributed by atoms with van der Waals surface area (Å²) in [5.41, 5.74) is 7.97. The molecule has 0 aliphatic rings. The Bertz CT molecular complexity index is 605. The fourth-order valence-corrected chi connectivity index (χ4v) is 2.54. The van der Waals surface area contributed by atoms with Crippen molar-refractivity contribution >= 4 is 33.3 Å². The first-order valence-electron chi connectivity index (χ1n) is 6.27. The zero-order chi connectivity index (χ0) is 14.2. The first-order chi connectivity index (χ1) is 8.95. The number of benzene rings is 1. The quantitative estimate of drug-likeness (QED) is 0.879. The van der Waals surface area contributed by atoms with Crippen LogP contribution in [0.4, 0.5) is 5.82 Å². The van der Waals surface area contributed by atoms with Gasteiger partial charge < -0.3 is 10.3 Å². The molecule has 0 saturated heterocycles. The molecule has 2 aromatic rings. The van der Waals surface area contributed by atoms with Gasteiger partial charge in [0, 0.05) is 22.5 Å². The highest BCUT2D eigenvalue weighted by atomic mass is 79.9. The number of anilines is 1. The summed E-state index contributed by atoms with van der Waals surface area (Å²) in [6, 6.07) is 5.77. The van der Waals surface area contributed by atoms with E-state index in [1.807, 2.05) is 18.2 Å². The number of nitrogens with two attached hydrogens (primary N) is 1. The molecule has 1 heterocycles. The van der Waals surface area contributed by atoms with Crippen molar-refractivity contribution in [3.63, 3.8) is 0 Å². The van der Waals surface area contributed by atoms with E-state index in [0.29, 0.717) is 16.8 Å².